The number of anilines is 1. The highest BCUT2D eigenvalue weighted by atomic mass is 32.2. The third kappa shape index (κ3) is 3.18. The molecule has 1 aliphatic carbocycles. The van der Waals surface area contributed by atoms with Crippen LogP contribution in [-0.2, 0) is 11.3 Å². The lowest BCUT2D eigenvalue weighted by atomic mass is 10.1. The summed E-state index contributed by atoms with van der Waals surface area (Å²) in [6, 6.07) is 10.6. The maximum absolute atomic E-state index is 9.84. The Labute approximate surface area is 152 Å². The highest BCUT2D eigenvalue weighted by molar-refractivity contribution is 7.99. The first kappa shape index (κ1) is 17.2. The fourth-order valence-electron chi connectivity index (χ4n) is 3.20. The average Bonchev–Trinajstić information content (AvgIpc) is 2.78. The number of rotatable bonds is 5. The van der Waals surface area contributed by atoms with E-state index in [0.29, 0.717) is 0 Å². The number of hydrogen-bond acceptors (Lipinski definition) is 4. The summed E-state index contributed by atoms with van der Waals surface area (Å²) in [6.45, 7) is 2.88. The minimum absolute atomic E-state index is 0.726. The molecule has 2 aromatic rings. The summed E-state index contributed by atoms with van der Waals surface area (Å²) in [7, 11) is 1.68. The normalized spacial score (nSPS) is 12.8. The van der Waals surface area contributed by atoms with Crippen LogP contribution in [0, 0.1) is 11.3 Å². The molecule has 0 unspecified atom stereocenters. The van der Waals surface area contributed by atoms with Crippen molar-refractivity contribution in [2.75, 3.05) is 18.1 Å². The second-order valence-corrected chi connectivity index (χ2v) is 6.27. The number of nitriles is 1. The van der Waals surface area contributed by atoms with E-state index >= 15 is 0 Å². The Morgan fingerprint density at radius 3 is 2.64 bits per heavy atom. The zero-order chi connectivity index (χ0) is 17.8. The fraction of sp³-hybridized carbons (Fsp3) is 0.250. The average molecular weight is 351 g/mol. The van der Waals surface area contributed by atoms with Crippen LogP contribution in [0.1, 0.15) is 18.9 Å². The summed E-state index contributed by atoms with van der Waals surface area (Å²) in [5, 5.41) is 11.9. The molecule has 0 saturated heterocycles. The molecule has 1 aromatic heterocycles. The predicted octanol–water partition coefficient (Wildman–Crippen LogP) is 3.23. The van der Waals surface area contributed by atoms with Crippen LogP contribution in [0.15, 0.2) is 36.1 Å². The van der Waals surface area contributed by atoms with Crippen molar-refractivity contribution in [2.24, 2.45) is 0 Å². The van der Waals surface area contributed by atoms with E-state index in [9.17, 15) is 5.26 Å². The molecule has 0 bridgehead atoms. The molecular weight excluding hydrogens is 330 g/mol. The zero-order valence-electron chi connectivity index (χ0n) is 14.7. The molecule has 0 radical (unpaired) electrons. The SMILES string of the molecule is CCn1c(-c2ccc(NSC)cc2)c(C#N)c2c1=CC(OC)=CCC=2. The standard InChI is InChI=1S/C20H21N3OS/c1-4-23-19-12-16(24-2)6-5-7-17(19)18(13-21)20(23)14-8-10-15(11-9-14)22-25-3/h6-12,22H,4-5H2,1-3H3. The van der Waals surface area contributed by atoms with Crippen LogP contribution in [0.5, 0.6) is 0 Å². The maximum Gasteiger partial charge on any atom is 0.117 e. The maximum atomic E-state index is 9.84. The van der Waals surface area contributed by atoms with Crippen LogP contribution in [0.3, 0.4) is 0 Å². The number of benzene rings is 1. The van der Waals surface area contributed by atoms with E-state index in [-0.39, 0.29) is 0 Å². The van der Waals surface area contributed by atoms with Crippen LogP contribution in [-0.4, -0.2) is 17.9 Å². The number of fused-ring (bicyclic) bond motifs is 1. The Bertz CT molecular complexity index is 962. The molecule has 0 atom stereocenters. The highest BCUT2D eigenvalue weighted by Crippen LogP contribution is 2.24. The van der Waals surface area contributed by atoms with Crippen molar-refractivity contribution in [1.29, 1.82) is 5.26 Å². The number of methoxy groups -OCH3 is 1. The fourth-order valence-corrected chi connectivity index (χ4v) is 3.58. The second-order valence-electron chi connectivity index (χ2n) is 5.66. The summed E-state index contributed by atoms with van der Waals surface area (Å²) in [4.78, 5) is 0. The Morgan fingerprint density at radius 2 is 2.04 bits per heavy atom. The minimum atomic E-state index is 0.726. The van der Waals surface area contributed by atoms with Crippen LogP contribution < -0.4 is 15.3 Å². The molecule has 3 rings (SSSR count). The molecule has 0 fully saturated rings. The van der Waals surface area contributed by atoms with Crippen molar-refractivity contribution in [2.45, 2.75) is 19.9 Å². The number of hydrogen-bond donors (Lipinski definition) is 1. The highest BCUT2D eigenvalue weighted by Gasteiger charge is 2.17. The van der Waals surface area contributed by atoms with Gasteiger partial charge < -0.3 is 14.0 Å². The molecule has 128 valence electrons. The monoisotopic (exact) mass is 351 g/mol. The number of allylic oxidation sites excluding steroid dienone is 2. The molecule has 0 saturated carbocycles. The van der Waals surface area contributed by atoms with Gasteiger partial charge in [-0.15, -0.1) is 0 Å². The van der Waals surface area contributed by atoms with E-state index < -0.39 is 0 Å². The third-order valence-electron chi connectivity index (χ3n) is 4.30. The number of nitrogens with one attached hydrogen (secondary N) is 1. The molecule has 25 heavy (non-hydrogen) atoms. The van der Waals surface area contributed by atoms with E-state index in [2.05, 4.69) is 40.5 Å². The van der Waals surface area contributed by atoms with Crippen molar-refractivity contribution in [3.63, 3.8) is 0 Å². The smallest absolute Gasteiger partial charge is 0.117 e. The first-order valence-corrected chi connectivity index (χ1v) is 9.44. The Morgan fingerprint density at radius 1 is 1.28 bits per heavy atom. The quantitative estimate of drug-likeness (QED) is 0.840. The molecule has 0 amide bonds. The Kier molecular flexibility index (Phi) is 5.20. The Balaban J connectivity index is 2.27. The first-order valence-electron chi connectivity index (χ1n) is 8.21. The predicted molar refractivity (Wildman–Crippen MR) is 105 cm³/mol. The van der Waals surface area contributed by atoms with Gasteiger partial charge in [0.1, 0.15) is 11.8 Å². The van der Waals surface area contributed by atoms with Crippen LogP contribution in [0.25, 0.3) is 23.4 Å². The van der Waals surface area contributed by atoms with E-state index in [1.165, 1.54) is 0 Å². The van der Waals surface area contributed by atoms with Crippen LogP contribution >= 0.6 is 11.9 Å². The summed E-state index contributed by atoms with van der Waals surface area (Å²) < 4.78 is 10.9. The van der Waals surface area contributed by atoms with Gasteiger partial charge in [0.2, 0.25) is 0 Å². The molecule has 5 heteroatoms. The van der Waals surface area contributed by atoms with E-state index in [1.807, 2.05) is 30.5 Å². The lowest BCUT2D eigenvalue weighted by Crippen LogP contribution is -2.29. The molecule has 1 N–H and O–H groups in total. The minimum Gasteiger partial charge on any atom is -0.497 e. The lowest BCUT2D eigenvalue weighted by molar-refractivity contribution is 0.312. The van der Waals surface area contributed by atoms with Gasteiger partial charge in [0.05, 0.1) is 23.7 Å². The molecular formula is C20H21N3OS. The van der Waals surface area contributed by atoms with E-state index in [4.69, 9.17) is 4.74 Å². The van der Waals surface area contributed by atoms with Crippen LogP contribution in [0.4, 0.5) is 5.69 Å². The molecule has 0 spiro atoms. The largest absolute Gasteiger partial charge is 0.497 e. The summed E-state index contributed by atoms with van der Waals surface area (Å²) in [5.41, 5.74) is 3.79. The van der Waals surface area contributed by atoms with Gasteiger partial charge in [0.25, 0.3) is 0 Å². The zero-order valence-corrected chi connectivity index (χ0v) is 15.5. The molecule has 1 aromatic carbocycles. The Hall–Kier alpha value is -2.58. The van der Waals surface area contributed by atoms with Crippen molar-refractivity contribution >= 4 is 29.8 Å². The van der Waals surface area contributed by atoms with Gasteiger partial charge in [0.15, 0.2) is 0 Å². The first-order chi connectivity index (χ1) is 12.2. The summed E-state index contributed by atoms with van der Waals surface area (Å²) in [6.07, 6.45) is 8.91. The van der Waals surface area contributed by atoms with Gasteiger partial charge in [-0.05, 0) is 37.1 Å². The number of aromatic nitrogens is 1. The van der Waals surface area contributed by atoms with Crippen molar-refractivity contribution in [1.82, 2.24) is 4.57 Å². The van der Waals surface area contributed by atoms with E-state index in [0.717, 1.165) is 51.8 Å². The second kappa shape index (κ2) is 7.54. The van der Waals surface area contributed by atoms with Gasteiger partial charge in [-0.25, -0.2) is 0 Å². The van der Waals surface area contributed by atoms with Crippen molar-refractivity contribution < 1.29 is 4.74 Å². The summed E-state index contributed by atoms with van der Waals surface area (Å²) >= 11 is 1.56. The third-order valence-corrected chi connectivity index (χ3v) is 4.74. The molecule has 1 heterocycles. The van der Waals surface area contributed by atoms with E-state index in [1.54, 1.807) is 19.1 Å². The number of ether oxygens (including phenoxy) is 1. The van der Waals surface area contributed by atoms with Crippen LogP contribution in [0.2, 0.25) is 0 Å². The van der Waals surface area contributed by atoms with Gasteiger partial charge >= 0.3 is 0 Å². The van der Waals surface area contributed by atoms with Gasteiger partial charge in [-0.3, -0.25) is 0 Å². The lowest BCUT2D eigenvalue weighted by Gasteiger charge is -2.10. The summed E-state index contributed by atoms with van der Waals surface area (Å²) in [5.74, 6) is 0.831. The van der Waals surface area contributed by atoms with Gasteiger partial charge in [-0.2, -0.15) is 5.26 Å². The van der Waals surface area contributed by atoms with Gasteiger partial charge in [-0.1, -0.05) is 30.2 Å². The molecule has 0 aliphatic heterocycles. The van der Waals surface area contributed by atoms with Gasteiger partial charge in [0, 0.05) is 29.8 Å². The topological polar surface area (TPSA) is 50.0 Å². The molecule has 4 nitrogen and oxygen atoms in total. The molecule has 1 aliphatic rings. The van der Waals surface area contributed by atoms with Crippen molar-refractivity contribution in [3.8, 4) is 17.3 Å². The van der Waals surface area contributed by atoms with Crippen molar-refractivity contribution in [3.05, 3.63) is 52.2 Å². The number of nitrogens with zero attached hydrogens (tertiary/aromatic N) is 2.